The molecule has 0 aliphatic carbocycles. The Balaban J connectivity index is 2.02. The smallest absolute Gasteiger partial charge is 0.337 e. The molecule has 0 heterocycles. The van der Waals surface area contributed by atoms with E-state index >= 15 is 0 Å². The highest BCUT2D eigenvalue weighted by molar-refractivity contribution is 9.12. The molecule has 2 unspecified atom stereocenters. The molecule has 6 heteroatoms. The van der Waals surface area contributed by atoms with Crippen molar-refractivity contribution in [1.82, 2.24) is 0 Å². The molecule has 2 aromatic rings. The average Bonchev–Trinajstić information content (AvgIpc) is 2.61. The fourth-order valence-corrected chi connectivity index (χ4v) is 2.92. The molecule has 1 amide bonds. The van der Waals surface area contributed by atoms with Crippen LogP contribution in [0.4, 0.5) is 5.69 Å². The van der Waals surface area contributed by atoms with E-state index in [9.17, 15) is 9.59 Å². The van der Waals surface area contributed by atoms with Gasteiger partial charge in [0.25, 0.3) is 0 Å². The van der Waals surface area contributed by atoms with E-state index in [4.69, 9.17) is 0 Å². The normalized spacial score (nSPS) is 13.0. The second-order valence-corrected chi connectivity index (χ2v) is 6.75. The molecule has 0 aliphatic rings. The maximum atomic E-state index is 12.3. The van der Waals surface area contributed by atoms with Gasteiger partial charge in [0.15, 0.2) is 0 Å². The molecule has 1 N–H and O–H groups in total. The van der Waals surface area contributed by atoms with Crippen LogP contribution < -0.4 is 5.32 Å². The van der Waals surface area contributed by atoms with Gasteiger partial charge < -0.3 is 10.1 Å². The molecule has 2 aromatic carbocycles. The van der Waals surface area contributed by atoms with Crippen LogP contribution in [-0.4, -0.2) is 23.8 Å². The summed E-state index contributed by atoms with van der Waals surface area (Å²) in [6.45, 7) is 0. The predicted octanol–water partition coefficient (Wildman–Crippen LogP) is 4.31. The first-order valence-electron chi connectivity index (χ1n) is 6.85. The zero-order valence-corrected chi connectivity index (χ0v) is 15.5. The number of carbonyl (C=O) groups excluding carboxylic acids is 2. The number of rotatable bonds is 5. The van der Waals surface area contributed by atoms with E-state index in [-0.39, 0.29) is 10.7 Å². The van der Waals surface area contributed by atoms with Gasteiger partial charge in [-0.2, -0.15) is 0 Å². The number of halogens is 2. The number of alkyl halides is 2. The summed E-state index contributed by atoms with van der Waals surface area (Å²) in [5.41, 5.74) is 2.05. The zero-order valence-electron chi connectivity index (χ0n) is 12.3. The summed E-state index contributed by atoms with van der Waals surface area (Å²) in [7, 11) is 1.33. The first-order valence-corrected chi connectivity index (χ1v) is 8.68. The fraction of sp³-hybridized carbons (Fsp3) is 0.176. The number of methoxy groups -OCH3 is 1. The Morgan fingerprint density at radius 1 is 1.00 bits per heavy atom. The molecule has 2 atom stereocenters. The second kappa shape index (κ2) is 8.26. The quantitative estimate of drug-likeness (QED) is 0.556. The lowest BCUT2D eigenvalue weighted by molar-refractivity contribution is -0.115. The molecule has 0 saturated carbocycles. The molecule has 120 valence electrons. The Morgan fingerprint density at radius 2 is 1.61 bits per heavy atom. The van der Waals surface area contributed by atoms with E-state index in [1.165, 1.54) is 7.11 Å². The third-order valence-corrected chi connectivity index (χ3v) is 5.91. The summed E-state index contributed by atoms with van der Waals surface area (Å²) in [6.07, 6.45) is 0. The lowest BCUT2D eigenvalue weighted by Gasteiger charge is -2.17. The Labute approximate surface area is 151 Å². The van der Waals surface area contributed by atoms with Gasteiger partial charge in [0.1, 0.15) is 4.83 Å². The van der Waals surface area contributed by atoms with Gasteiger partial charge in [-0.05, 0) is 29.8 Å². The van der Waals surface area contributed by atoms with Crippen molar-refractivity contribution in [2.24, 2.45) is 0 Å². The highest BCUT2D eigenvalue weighted by Crippen LogP contribution is 2.31. The monoisotopic (exact) mass is 439 g/mol. The molecule has 0 spiro atoms. The van der Waals surface area contributed by atoms with E-state index in [1.54, 1.807) is 24.3 Å². The number of hydrogen-bond donors (Lipinski definition) is 1. The largest absolute Gasteiger partial charge is 0.465 e. The van der Waals surface area contributed by atoms with E-state index in [0.717, 1.165) is 5.56 Å². The van der Waals surface area contributed by atoms with Crippen LogP contribution >= 0.6 is 31.9 Å². The predicted molar refractivity (Wildman–Crippen MR) is 97.2 cm³/mol. The maximum Gasteiger partial charge on any atom is 0.337 e. The van der Waals surface area contributed by atoms with Crippen LogP contribution in [0.1, 0.15) is 20.7 Å². The number of ether oxygens (including phenoxy) is 1. The topological polar surface area (TPSA) is 55.4 Å². The van der Waals surface area contributed by atoms with Crippen molar-refractivity contribution in [3.63, 3.8) is 0 Å². The van der Waals surface area contributed by atoms with E-state index in [1.807, 2.05) is 30.3 Å². The Morgan fingerprint density at radius 3 is 2.17 bits per heavy atom. The molecule has 0 aliphatic heterocycles. The van der Waals surface area contributed by atoms with Crippen LogP contribution in [0.5, 0.6) is 0 Å². The number of hydrogen-bond acceptors (Lipinski definition) is 3. The summed E-state index contributed by atoms with van der Waals surface area (Å²) in [6, 6.07) is 16.2. The van der Waals surface area contributed by atoms with Crippen LogP contribution in [0.25, 0.3) is 0 Å². The van der Waals surface area contributed by atoms with Gasteiger partial charge in [-0.15, -0.1) is 0 Å². The average molecular weight is 441 g/mol. The first kappa shape index (κ1) is 17.7. The lowest BCUT2D eigenvalue weighted by atomic mass is 10.1. The molecule has 0 bridgehead atoms. The van der Waals surface area contributed by atoms with Crippen molar-refractivity contribution in [2.45, 2.75) is 9.65 Å². The van der Waals surface area contributed by atoms with Gasteiger partial charge in [-0.1, -0.05) is 62.2 Å². The number of nitrogens with one attached hydrogen (secondary N) is 1. The van der Waals surface area contributed by atoms with Crippen molar-refractivity contribution in [3.05, 3.63) is 65.7 Å². The molecular formula is C17H15Br2NO3. The summed E-state index contributed by atoms with van der Waals surface area (Å²) in [5.74, 6) is -0.590. The van der Waals surface area contributed by atoms with Crippen LogP contribution in [0.2, 0.25) is 0 Å². The SMILES string of the molecule is COC(=O)c1ccc(NC(=O)C(Br)C(Br)c2ccccc2)cc1. The molecule has 0 radical (unpaired) electrons. The van der Waals surface area contributed by atoms with Crippen LogP contribution in [0, 0.1) is 0 Å². The van der Waals surface area contributed by atoms with E-state index < -0.39 is 10.8 Å². The maximum absolute atomic E-state index is 12.3. The van der Waals surface area contributed by atoms with Gasteiger partial charge in [0, 0.05) is 5.69 Å². The summed E-state index contributed by atoms with van der Waals surface area (Å²) >= 11 is 6.96. The van der Waals surface area contributed by atoms with Gasteiger partial charge >= 0.3 is 5.97 Å². The summed E-state index contributed by atoms with van der Waals surface area (Å²) in [4.78, 5) is 23.1. The summed E-state index contributed by atoms with van der Waals surface area (Å²) < 4.78 is 4.64. The molecule has 0 saturated heterocycles. The minimum absolute atomic E-state index is 0.155. The number of carbonyl (C=O) groups is 2. The lowest BCUT2D eigenvalue weighted by Crippen LogP contribution is -2.26. The van der Waals surface area contributed by atoms with Crippen LogP contribution in [0.15, 0.2) is 54.6 Å². The minimum Gasteiger partial charge on any atom is -0.465 e. The fourth-order valence-electron chi connectivity index (χ4n) is 1.96. The minimum atomic E-state index is -0.440. The second-order valence-electron chi connectivity index (χ2n) is 4.77. The third kappa shape index (κ3) is 4.65. The third-order valence-electron chi connectivity index (χ3n) is 3.20. The van der Waals surface area contributed by atoms with Gasteiger partial charge in [-0.3, -0.25) is 4.79 Å². The van der Waals surface area contributed by atoms with Crippen molar-refractivity contribution in [1.29, 1.82) is 0 Å². The van der Waals surface area contributed by atoms with Crippen molar-refractivity contribution < 1.29 is 14.3 Å². The molecular weight excluding hydrogens is 426 g/mol. The van der Waals surface area contributed by atoms with E-state index in [0.29, 0.717) is 11.3 Å². The zero-order chi connectivity index (χ0) is 16.8. The molecule has 2 rings (SSSR count). The first-order chi connectivity index (χ1) is 11.0. The van der Waals surface area contributed by atoms with Gasteiger partial charge in [0.2, 0.25) is 5.91 Å². The number of esters is 1. The number of benzene rings is 2. The van der Waals surface area contributed by atoms with Crippen molar-refractivity contribution in [2.75, 3.05) is 12.4 Å². The standard InChI is InChI=1S/C17H15Br2NO3/c1-23-17(22)12-7-9-13(10-8-12)20-16(21)15(19)14(18)11-5-3-2-4-6-11/h2-10,14-15H,1H3,(H,20,21). The molecule has 0 aromatic heterocycles. The number of amides is 1. The Hall–Kier alpha value is -1.66. The van der Waals surface area contributed by atoms with Crippen molar-refractivity contribution in [3.8, 4) is 0 Å². The Kier molecular flexibility index (Phi) is 6.36. The van der Waals surface area contributed by atoms with Gasteiger partial charge in [-0.25, -0.2) is 4.79 Å². The Bertz CT molecular complexity index is 674. The molecule has 4 nitrogen and oxygen atoms in total. The highest BCUT2D eigenvalue weighted by Gasteiger charge is 2.25. The van der Waals surface area contributed by atoms with Gasteiger partial charge in [0.05, 0.1) is 17.5 Å². The van der Waals surface area contributed by atoms with Crippen LogP contribution in [0.3, 0.4) is 0 Å². The van der Waals surface area contributed by atoms with E-state index in [2.05, 4.69) is 41.9 Å². The highest BCUT2D eigenvalue weighted by atomic mass is 79.9. The van der Waals surface area contributed by atoms with Crippen molar-refractivity contribution >= 4 is 49.4 Å². The summed E-state index contributed by atoms with van der Waals surface area (Å²) in [5, 5.41) is 2.81. The van der Waals surface area contributed by atoms with Crippen LogP contribution in [-0.2, 0) is 9.53 Å². The number of anilines is 1. The molecule has 0 fully saturated rings. The molecule has 23 heavy (non-hydrogen) atoms.